The highest BCUT2D eigenvalue weighted by Crippen LogP contribution is 2.18. The highest BCUT2D eigenvalue weighted by Gasteiger charge is 2.19. The van der Waals surface area contributed by atoms with Gasteiger partial charge in [-0.15, -0.1) is 11.3 Å². The zero-order valence-electron chi connectivity index (χ0n) is 10.1. The standard InChI is InChI=1S/C12H18N2O2S/c1-14(6-11-8-17-9-13-11)12(15)5-10-3-2-4-16-7-10/h8-10H,2-7H2,1H3. The van der Waals surface area contributed by atoms with Crippen LogP contribution in [0.15, 0.2) is 10.9 Å². The van der Waals surface area contributed by atoms with Crippen molar-refractivity contribution in [3.63, 3.8) is 0 Å². The summed E-state index contributed by atoms with van der Waals surface area (Å²) in [6.07, 6.45) is 2.78. The number of hydrogen-bond donors (Lipinski definition) is 0. The Hall–Kier alpha value is -0.940. The number of aromatic nitrogens is 1. The van der Waals surface area contributed by atoms with Crippen LogP contribution in [0.1, 0.15) is 25.0 Å². The van der Waals surface area contributed by atoms with Gasteiger partial charge in [-0.25, -0.2) is 4.98 Å². The number of carbonyl (C=O) groups is 1. The van der Waals surface area contributed by atoms with E-state index < -0.39 is 0 Å². The summed E-state index contributed by atoms with van der Waals surface area (Å²) in [5.74, 6) is 0.586. The Bertz CT molecular complexity index is 347. The molecule has 1 aromatic rings. The van der Waals surface area contributed by atoms with Gasteiger partial charge < -0.3 is 9.64 Å². The van der Waals surface area contributed by atoms with Crippen LogP contribution in [0.3, 0.4) is 0 Å². The molecule has 0 bridgehead atoms. The summed E-state index contributed by atoms with van der Waals surface area (Å²) in [6.45, 7) is 2.19. The summed E-state index contributed by atoms with van der Waals surface area (Å²) in [5.41, 5.74) is 2.76. The van der Waals surface area contributed by atoms with Crippen LogP contribution >= 0.6 is 11.3 Å². The smallest absolute Gasteiger partial charge is 0.223 e. The predicted molar refractivity (Wildman–Crippen MR) is 66.7 cm³/mol. The molecule has 0 spiro atoms. The molecule has 0 aliphatic carbocycles. The Morgan fingerprint density at radius 1 is 1.71 bits per heavy atom. The second kappa shape index (κ2) is 6.12. The van der Waals surface area contributed by atoms with Crippen molar-refractivity contribution < 1.29 is 9.53 Å². The molecule has 1 unspecified atom stereocenters. The normalized spacial score (nSPS) is 20.2. The molecule has 1 aliphatic heterocycles. The second-order valence-electron chi connectivity index (χ2n) is 4.52. The van der Waals surface area contributed by atoms with E-state index in [1.165, 1.54) is 0 Å². The van der Waals surface area contributed by atoms with Gasteiger partial charge in [0.2, 0.25) is 5.91 Å². The molecule has 1 amide bonds. The molecule has 5 heteroatoms. The first-order valence-electron chi connectivity index (χ1n) is 5.94. The van der Waals surface area contributed by atoms with E-state index in [1.54, 1.807) is 21.7 Å². The minimum absolute atomic E-state index is 0.188. The van der Waals surface area contributed by atoms with E-state index in [9.17, 15) is 4.79 Å². The van der Waals surface area contributed by atoms with Crippen molar-refractivity contribution in [2.24, 2.45) is 5.92 Å². The summed E-state index contributed by atoms with van der Waals surface area (Å²) in [7, 11) is 1.84. The molecule has 0 saturated carbocycles. The van der Waals surface area contributed by atoms with Gasteiger partial charge in [-0.1, -0.05) is 0 Å². The van der Waals surface area contributed by atoms with Gasteiger partial charge in [0.25, 0.3) is 0 Å². The lowest BCUT2D eigenvalue weighted by Crippen LogP contribution is -2.30. The van der Waals surface area contributed by atoms with Crippen LogP contribution < -0.4 is 0 Å². The van der Waals surface area contributed by atoms with Gasteiger partial charge in [0.05, 0.1) is 17.7 Å². The minimum Gasteiger partial charge on any atom is -0.381 e. The fourth-order valence-electron chi connectivity index (χ4n) is 2.02. The SMILES string of the molecule is CN(Cc1cscn1)C(=O)CC1CCCOC1. The Balaban J connectivity index is 1.78. The Labute approximate surface area is 106 Å². The molecule has 4 nitrogen and oxygen atoms in total. The molecule has 0 N–H and O–H groups in total. The van der Waals surface area contributed by atoms with Crippen LogP contribution in [0.5, 0.6) is 0 Å². The summed E-state index contributed by atoms with van der Waals surface area (Å²) in [6, 6.07) is 0. The van der Waals surface area contributed by atoms with Crippen molar-refractivity contribution >= 4 is 17.2 Å². The highest BCUT2D eigenvalue weighted by atomic mass is 32.1. The van der Waals surface area contributed by atoms with E-state index >= 15 is 0 Å². The number of thiazole rings is 1. The maximum atomic E-state index is 12.0. The van der Waals surface area contributed by atoms with Gasteiger partial charge in [-0.2, -0.15) is 0 Å². The number of carbonyl (C=O) groups excluding carboxylic acids is 1. The van der Waals surface area contributed by atoms with Crippen molar-refractivity contribution in [1.29, 1.82) is 0 Å². The first kappa shape index (κ1) is 12.5. The Morgan fingerprint density at radius 2 is 2.59 bits per heavy atom. The molecule has 2 heterocycles. The second-order valence-corrected chi connectivity index (χ2v) is 5.24. The topological polar surface area (TPSA) is 42.4 Å². The lowest BCUT2D eigenvalue weighted by atomic mass is 9.98. The molecular formula is C12H18N2O2S. The summed E-state index contributed by atoms with van der Waals surface area (Å²) in [5, 5.41) is 1.98. The third-order valence-corrected chi connectivity index (χ3v) is 3.66. The largest absolute Gasteiger partial charge is 0.381 e. The lowest BCUT2D eigenvalue weighted by molar-refractivity contribution is -0.132. The zero-order valence-corrected chi connectivity index (χ0v) is 10.9. The first-order valence-corrected chi connectivity index (χ1v) is 6.89. The number of rotatable bonds is 4. The van der Waals surface area contributed by atoms with Crippen molar-refractivity contribution in [2.75, 3.05) is 20.3 Å². The number of nitrogens with zero attached hydrogens (tertiary/aromatic N) is 2. The van der Waals surface area contributed by atoms with E-state index in [2.05, 4.69) is 4.98 Å². The fourth-order valence-corrected chi connectivity index (χ4v) is 2.57. The average molecular weight is 254 g/mol. The summed E-state index contributed by atoms with van der Waals surface area (Å²) in [4.78, 5) is 17.9. The summed E-state index contributed by atoms with van der Waals surface area (Å²) < 4.78 is 5.39. The van der Waals surface area contributed by atoms with Crippen molar-refractivity contribution in [3.05, 3.63) is 16.6 Å². The van der Waals surface area contributed by atoms with E-state index in [0.29, 0.717) is 18.9 Å². The Morgan fingerprint density at radius 3 is 3.24 bits per heavy atom. The lowest BCUT2D eigenvalue weighted by Gasteiger charge is -2.24. The Kier molecular flexibility index (Phi) is 4.50. The van der Waals surface area contributed by atoms with Crippen molar-refractivity contribution in [1.82, 2.24) is 9.88 Å². The van der Waals surface area contributed by atoms with E-state index in [-0.39, 0.29) is 5.91 Å². The highest BCUT2D eigenvalue weighted by molar-refractivity contribution is 7.07. The summed E-state index contributed by atoms with van der Waals surface area (Å²) >= 11 is 1.56. The van der Waals surface area contributed by atoms with Gasteiger partial charge in [-0.05, 0) is 18.8 Å². The van der Waals surface area contributed by atoms with E-state index in [0.717, 1.165) is 31.7 Å². The minimum atomic E-state index is 0.188. The molecular weight excluding hydrogens is 236 g/mol. The van der Waals surface area contributed by atoms with Crippen LogP contribution in [0.25, 0.3) is 0 Å². The van der Waals surface area contributed by atoms with E-state index in [1.807, 2.05) is 12.4 Å². The number of ether oxygens (including phenoxy) is 1. The molecule has 1 aliphatic rings. The zero-order chi connectivity index (χ0) is 12.1. The molecule has 17 heavy (non-hydrogen) atoms. The van der Waals surface area contributed by atoms with Crippen LogP contribution in [-0.4, -0.2) is 36.1 Å². The molecule has 1 aromatic heterocycles. The fraction of sp³-hybridized carbons (Fsp3) is 0.667. The first-order chi connectivity index (χ1) is 8.25. The monoisotopic (exact) mass is 254 g/mol. The number of amides is 1. The molecule has 1 saturated heterocycles. The van der Waals surface area contributed by atoms with Gasteiger partial charge in [0.1, 0.15) is 0 Å². The van der Waals surface area contributed by atoms with Gasteiger partial charge >= 0.3 is 0 Å². The van der Waals surface area contributed by atoms with Crippen LogP contribution in [0.2, 0.25) is 0 Å². The molecule has 2 rings (SSSR count). The molecule has 0 radical (unpaired) electrons. The van der Waals surface area contributed by atoms with Crippen molar-refractivity contribution in [3.8, 4) is 0 Å². The maximum Gasteiger partial charge on any atom is 0.223 e. The molecule has 94 valence electrons. The van der Waals surface area contributed by atoms with Crippen molar-refractivity contribution in [2.45, 2.75) is 25.8 Å². The predicted octanol–water partition coefficient (Wildman–Crippen LogP) is 1.92. The third kappa shape index (κ3) is 3.78. The van der Waals surface area contributed by atoms with E-state index in [4.69, 9.17) is 4.74 Å². The number of hydrogen-bond acceptors (Lipinski definition) is 4. The van der Waals surface area contributed by atoms with Gasteiger partial charge in [-0.3, -0.25) is 4.79 Å². The van der Waals surface area contributed by atoms with Crippen LogP contribution in [0, 0.1) is 5.92 Å². The molecule has 1 fully saturated rings. The van der Waals surface area contributed by atoms with Gasteiger partial charge in [0.15, 0.2) is 0 Å². The maximum absolute atomic E-state index is 12.0. The molecule has 0 aromatic carbocycles. The van der Waals surface area contributed by atoms with Crippen LogP contribution in [-0.2, 0) is 16.1 Å². The van der Waals surface area contributed by atoms with Crippen LogP contribution in [0.4, 0.5) is 0 Å². The van der Waals surface area contributed by atoms with Gasteiger partial charge in [0, 0.05) is 32.1 Å². The molecule has 1 atom stereocenters. The third-order valence-electron chi connectivity index (χ3n) is 3.03. The quantitative estimate of drug-likeness (QED) is 0.824. The average Bonchev–Trinajstić information content (AvgIpc) is 2.83.